The van der Waals surface area contributed by atoms with Crippen LogP contribution in [0.25, 0.3) is 0 Å². The molecule has 1 fully saturated rings. The summed E-state index contributed by atoms with van der Waals surface area (Å²) in [5.41, 5.74) is 8.58. The molecule has 0 unspecified atom stereocenters. The number of piperazine rings is 1. The monoisotopic (exact) mass is 331 g/mol. The Labute approximate surface area is 137 Å². The highest BCUT2D eigenvalue weighted by Gasteiger charge is 2.28. The average molecular weight is 331 g/mol. The Morgan fingerprint density at radius 1 is 0.913 bits per heavy atom. The lowest BCUT2D eigenvalue weighted by atomic mass is 10.1. The number of sulfonamides is 1. The molecule has 2 N–H and O–H groups in total. The van der Waals surface area contributed by atoms with E-state index in [9.17, 15) is 8.42 Å². The first-order chi connectivity index (χ1) is 11.0. The van der Waals surface area contributed by atoms with Gasteiger partial charge in [-0.25, -0.2) is 8.42 Å². The van der Waals surface area contributed by atoms with Gasteiger partial charge in [0.15, 0.2) is 0 Å². The predicted molar refractivity (Wildman–Crippen MR) is 93.0 cm³/mol. The molecule has 122 valence electrons. The summed E-state index contributed by atoms with van der Waals surface area (Å²) in [6, 6.07) is 14.6. The maximum Gasteiger partial charge on any atom is 0.243 e. The van der Waals surface area contributed by atoms with Crippen LogP contribution in [0.4, 0.5) is 11.4 Å². The number of nitrogen functional groups attached to an aromatic ring is 1. The number of benzene rings is 2. The van der Waals surface area contributed by atoms with Crippen LogP contribution >= 0.6 is 0 Å². The van der Waals surface area contributed by atoms with Gasteiger partial charge in [0.2, 0.25) is 10.0 Å². The lowest BCUT2D eigenvalue weighted by molar-refractivity contribution is 0.385. The van der Waals surface area contributed by atoms with Crippen molar-refractivity contribution in [3.63, 3.8) is 0 Å². The van der Waals surface area contributed by atoms with Crippen molar-refractivity contribution in [3.05, 3.63) is 54.1 Å². The molecule has 2 aromatic carbocycles. The molecule has 0 atom stereocenters. The number of hydrogen-bond donors (Lipinski definition) is 1. The van der Waals surface area contributed by atoms with Gasteiger partial charge in [0.05, 0.1) is 4.90 Å². The second kappa shape index (κ2) is 6.22. The zero-order chi connectivity index (χ0) is 16.4. The summed E-state index contributed by atoms with van der Waals surface area (Å²) in [7, 11) is -3.44. The normalized spacial score (nSPS) is 16.5. The molecular formula is C17H21N3O2S. The third-order valence-electron chi connectivity index (χ3n) is 4.21. The van der Waals surface area contributed by atoms with Gasteiger partial charge in [-0.15, -0.1) is 0 Å². The maximum atomic E-state index is 12.7. The molecule has 0 aliphatic carbocycles. The molecule has 2 aromatic rings. The van der Waals surface area contributed by atoms with Crippen LogP contribution in [-0.4, -0.2) is 38.9 Å². The minimum absolute atomic E-state index is 0.302. The number of para-hydroxylation sites is 1. The summed E-state index contributed by atoms with van der Waals surface area (Å²) in [6.45, 7) is 4.44. The van der Waals surface area contributed by atoms with Crippen molar-refractivity contribution >= 4 is 21.4 Å². The van der Waals surface area contributed by atoms with Crippen LogP contribution in [0, 0.1) is 6.92 Å². The summed E-state index contributed by atoms with van der Waals surface area (Å²) in [6.07, 6.45) is 0. The van der Waals surface area contributed by atoms with Crippen LogP contribution in [0.1, 0.15) is 5.56 Å². The molecule has 5 nitrogen and oxygen atoms in total. The zero-order valence-corrected chi connectivity index (χ0v) is 14.0. The number of hydrogen-bond acceptors (Lipinski definition) is 4. The van der Waals surface area contributed by atoms with Gasteiger partial charge in [0.1, 0.15) is 0 Å². The van der Waals surface area contributed by atoms with E-state index in [0.29, 0.717) is 36.8 Å². The van der Waals surface area contributed by atoms with E-state index in [1.54, 1.807) is 28.6 Å². The summed E-state index contributed by atoms with van der Waals surface area (Å²) in [5.74, 6) is 0. The van der Waals surface area contributed by atoms with Crippen LogP contribution in [-0.2, 0) is 10.0 Å². The predicted octanol–water partition coefficient (Wildman–Crippen LogP) is 2.09. The van der Waals surface area contributed by atoms with E-state index in [4.69, 9.17) is 5.73 Å². The van der Waals surface area contributed by atoms with E-state index < -0.39 is 10.0 Å². The van der Waals surface area contributed by atoms with E-state index in [-0.39, 0.29) is 0 Å². The molecule has 0 amide bonds. The van der Waals surface area contributed by atoms with Gasteiger partial charge in [0.25, 0.3) is 0 Å². The third kappa shape index (κ3) is 3.18. The Balaban J connectivity index is 1.74. The molecule has 0 saturated carbocycles. The first kappa shape index (κ1) is 15.8. The standard InChI is InChI=1S/C17H21N3O2S/c1-14-4-2-3-5-17(14)19-10-12-20(13-11-19)23(21,22)16-8-6-15(18)7-9-16/h2-9H,10-13,18H2,1H3. The summed E-state index contributed by atoms with van der Waals surface area (Å²) in [5, 5.41) is 0. The highest BCUT2D eigenvalue weighted by Crippen LogP contribution is 2.23. The van der Waals surface area contributed by atoms with Gasteiger partial charge in [-0.1, -0.05) is 18.2 Å². The molecule has 1 saturated heterocycles. The molecule has 0 aromatic heterocycles. The zero-order valence-electron chi connectivity index (χ0n) is 13.1. The van der Waals surface area contributed by atoms with Crippen LogP contribution in [0.5, 0.6) is 0 Å². The maximum absolute atomic E-state index is 12.7. The number of aryl methyl sites for hydroxylation is 1. The smallest absolute Gasteiger partial charge is 0.243 e. The van der Waals surface area contributed by atoms with Gasteiger partial charge in [-0.2, -0.15) is 4.31 Å². The average Bonchev–Trinajstić information content (AvgIpc) is 2.56. The van der Waals surface area contributed by atoms with E-state index >= 15 is 0 Å². The summed E-state index contributed by atoms with van der Waals surface area (Å²) >= 11 is 0. The van der Waals surface area contributed by atoms with Gasteiger partial charge >= 0.3 is 0 Å². The molecule has 23 heavy (non-hydrogen) atoms. The quantitative estimate of drug-likeness (QED) is 0.875. The largest absolute Gasteiger partial charge is 0.399 e. The Bertz CT molecular complexity index is 780. The SMILES string of the molecule is Cc1ccccc1N1CCN(S(=O)(=O)c2ccc(N)cc2)CC1. The molecule has 0 spiro atoms. The first-order valence-corrected chi connectivity index (χ1v) is 9.09. The molecule has 3 rings (SSSR count). The van der Waals surface area contributed by atoms with Crippen LogP contribution in [0.15, 0.2) is 53.4 Å². The Morgan fingerprint density at radius 3 is 2.13 bits per heavy atom. The van der Waals surface area contributed by atoms with Crippen LogP contribution < -0.4 is 10.6 Å². The van der Waals surface area contributed by atoms with Gasteiger partial charge in [-0.3, -0.25) is 0 Å². The molecule has 0 radical (unpaired) electrons. The second-order valence-corrected chi connectivity index (χ2v) is 7.68. The summed E-state index contributed by atoms with van der Waals surface area (Å²) in [4.78, 5) is 2.54. The fourth-order valence-electron chi connectivity index (χ4n) is 2.88. The molecular weight excluding hydrogens is 310 g/mol. The van der Waals surface area contributed by atoms with Crippen molar-refractivity contribution in [2.75, 3.05) is 36.8 Å². The minimum Gasteiger partial charge on any atom is -0.399 e. The van der Waals surface area contributed by atoms with Crippen molar-refractivity contribution < 1.29 is 8.42 Å². The summed E-state index contributed by atoms with van der Waals surface area (Å²) < 4.78 is 26.9. The van der Waals surface area contributed by atoms with Crippen molar-refractivity contribution in [2.24, 2.45) is 0 Å². The van der Waals surface area contributed by atoms with Crippen molar-refractivity contribution in [3.8, 4) is 0 Å². The van der Waals surface area contributed by atoms with Gasteiger partial charge < -0.3 is 10.6 Å². The molecule has 1 aliphatic heterocycles. The lowest BCUT2D eigenvalue weighted by Gasteiger charge is -2.36. The second-order valence-electron chi connectivity index (χ2n) is 5.75. The molecule has 0 bridgehead atoms. The number of nitrogens with zero attached hydrogens (tertiary/aromatic N) is 2. The topological polar surface area (TPSA) is 66.6 Å². The van der Waals surface area contributed by atoms with E-state index in [0.717, 1.165) is 0 Å². The van der Waals surface area contributed by atoms with Crippen molar-refractivity contribution in [2.45, 2.75) is 11.8 Å². The molecule has 1 heterocycles. The minimum atomic E-state index is -3.44. The number of anilines is 2. The molecule has 6 heteroatoms. The fourth-order valence-corrected chi connectivity index (χ4v) is 4.30. The Morgan fingerprint density at radius 2 is 1.52 bits per heavy atom. The Kier molecular flexibility index (Phi) is 4.28. The number of nitrogens with two attached hydrogens (primary N) is 1. The van der Waals surface area contributed by atoms with Crippen molar-refractivity contribution in [1.82, 2.24) is 4.31 Å². The third-order valence-corrected chi connectivity index (χ3v) is 6.13. The highest BCUT2D eigenvalue weighted by atomic mass is 32.2. The van der Waals surface area contributed by atoms with Gasteiger partial charge in [-0.05, 0) is 42.8 Å². The van der Waals surface area contributed by atoms with Crippen LogP contribution in [0.3, 0.4) is 0 Å². The lowest BCUT2D eigenvalue weighted by Crippen LogP contribution is -2.48. The highest BCUT2D eigenvalue weighted by molar-refractivity contribution is 7.89. The van der Waals surface area contributed by atoms with E-state index in [1.807, 2.05) is 12.1 Å². The van der Waals surface area contributed by atoms with Gasteiger partial charge in [0, 0.05) is 37.6 Å². The molecule has 1 aliphatic rings. The Hall–Kier alpha value is -2.05. The fraction of sp³-hybridized carbons (Fsp3) is 0.294. The number of rotatable bonds is 3. The first-order valence-electron chi connectivity index (χ1n) is 7.65. The van der Waals surface area contributed by atoms with E-state index in [2.05, 4.69) is 24.0 Å². The van der Waals surface area contributed by atoms with Crippen molar-refractivity contribution in [1.29, 1.82) is 0 Å². The van der Waals surface area contributed by atoms with Crippen LogP contribution in [0.2, 0.25) is 0 Å². The van der Waals surface area contributed by atoms with E-state index in [1.165, 1.54) is 11.3 Å².